The quantitative estimate of drug-likeness (QED) is 0.357. The molecule has 3 rings (SSSR count). The van der Waals surface area contributed by atoms with Gasteiger partial charge in [-0.15, -0.1) is 5.01 Å². The average Bonchev–Trinajstić information content (AvgIpc) is 3.17. The Morgan fingerprint density at radius 1 is 1.28 bits per heavy atom. The second-order valence-corrected chi connectivity index (χ2v) is 7.86. The zero-order valence-electron chi connectivity index (χ0n) is 18.3. The number of aromatic nitrogens is 1. The van der Waals surface area contributed by atoms with Gasteiger partial charge in [-0.25, -0.2) is 0 Å². The minimum Gasteiger partial charge on any atom is -0.384 e. The topological polar surface area (TPSA) is 77.8 Å². The average molecular weight is 398 g/mol. The molecule has 156 valence electrons. The molecule has 0 aliphatic carbocycles. The second-order valence-electron chi connectivity index (χ2n) is 7.86. The van der Waals surface area contributed by atoms with E-state index in [9.17, 15) is 4.91 Å². The Hall–Kier alpha value is -2.70. The summed E-state index contributed by atoms with van der Waals surface area (Å²) in [5.41, 5.74) is 14.1. The molecule has 29 heavy (non-hydrogen) atoms. The number of allylic oxidation sites excluding steroid dienone is 2. The molecule has 1 aromatic heterocycles. The number of hydrogen-bond acceptors (Lipinski definition) is 4. The van der Waals surface area contributed by atoms with Gasteiger partial charge in [0.15, 0.2) is 0 Å². The molecule has 1 aromatic rings. The molecule has 1 saturated heterocycles. The molecule has 0 unspecified atom stereocenters. The van der Waals surface area contributed by atoms with Gasteiger partial charge in [0.1, 0.15) is 16.4 Å². The van der Waals surface area contributed by atoms with Crippen LogP contribution in [0.25, 0.3) is 0 Å². The first kappa shape index (κ1) is 21.0. The highest BCUT2D eigenvalue weighted by Gasteiger charge is 2.31. The lowest BCUT2D eigenvalue weighted by atomic mass is 9.97. The van der Waals surface area contributed by atoms with Crippen molar-refractivity contribution in [3.05, 3.63) is 50.8 Å². The highest BCUT2D eigenvalue weighted by Crippen LogP contribution is 2.31. The normalized spacial score (nSPS) is 19.2. The van der Waals surface area contributed by atoms with E-state index in [0.717, 1.165) is 60.7 Å². The zero-order valence-corrected chi connectivity index (χ0v) is 18.3. The summed E-state index contributed by atoms with van der Waals surface area (Å²) in [5, 5.41) is 1.79. The summed E-state index contributed by atoms with van der Waals surface area (Å²) >= 11 is 0. The van der Waals surface area contributed by atoms with Crippen molar-refractivity contribution in [2.75, 3.05) is 31.7 Å². The van der Waals surface area contributed by atoms with Crippen LogP contribution in [0, 0.1) is 4.91 Å². The van der Waals surface area contributed by atoms with Gasteiger partial charge in [-0.1, -0.05) is 6.92 Å². The van der Waals surface area contributed by atoms with Crippen LogP contribution in [-0.4, -0.2) is 47.3 Å². The number of nitroso groups, excluding NO2 is 1. The predicted molar refractivity (Wildman–Crippen MR) is 118 cm³/mol. The predicted octanol–water partition coefficient (Wildman–Crippen LogP) is 3.35. The largest absolute Gasteiger partial charge is 0.384 e. The van der Waals surface area contributed by atoms with Crippen LogP contribution in [-0.2, 0) is 13.0 Å². The number of anilines is 1. The third kappa shape index (κ3) is 4.18. The van der Waals surface area contributed by atoms with Gasteiger partial charge in [-0.2, -0.15) is 0 Å². The number of nitrogens with two attached hydrogens (primary N) is 1. The molecule has 0 amide bonds. The first-order chi connectivity index (χ1) is 13.9. The van der Waals surface area contributed by atoms with Crippen molar-refractivity contribution >= 4 is 11.5 Å². The molecular formula is C22H33N6O+. The molecule has 2 aliphatic heterocycles. The van der Waals surface area contributed by atoms with E-state index in [2.05, 4.69) is 41.7 Å². The summed E-state index contributed by atoms with van der Waals surface area (Å²) in [6.45, 7) is 11.5. The molecule has 0 radical (unpaired) electrons. The summed E-state index contributed by atoms with van der Waals surface area (Å²) in [5.74, 6) is 0.579. The number of pyridine rings is 1. The van der Waals surface area contributed by atoms with Crippen molar-refractivity contribution < 1.29 is 4.87 Å². The van der Waals surface area contributed by atoms with Crippen molar-refractivity contribution in [2.45, 2.75) is 53.5 Å². The van der Waals surface area contributed by atoms with Crippen molar-refractivity contribution in [3.8, 4) is 0 Å². The maximum Gasteiger partial charge on any atom is 0.227 e. The first-order valence-corrected chi connectivity index (χ1v) is 10.4. The van der Waals surface area contributed by atoms with Crippen molar-refractivity contribution in [1.29, 1.82) is 0 Å². The van der Waals surface area contributed by atoms with Gasteiger partial charge < -0.3 is 10.6 Å². The van der Waals surface area contributed by atoms with Crippen LogP contribution in [0.2, 0.25) is 0 Å². The van der Waals surface area contributed by atoms with Crippen LogP contribution in [0.4, 0.5) is 5.69 Å². The van der Waals surface area contributed by atoms with Crippen LogP contribution in [0.15, 0.2) is 39.7 Å². The second kappa shape index (κ2) is 8.76. The Morgan fingerprint density at radius 3 is 2.66 bits per heavy atom. The number of nitrogens with zero attached hydrogens (tertiary/aromatic N) is 5. The molecule has 3 heterocycles. The Bertz CT molecular complexity index is 899. The minimum absolute atomic E-state index is 0.551. The van der Waals surface area contributed by atoms with Crippen molar-refractivity contribution in [3.63, 3.8) is 0 Å². The monoisotopic (exact) mass is 397 g/mol. The lowest BCUT2D eigenvalue weighted by molar-refractivity contribution is -0.541. The molecular weight excluding hydrogens is 364 g/mol. The molecule has 2 N–H and O–H groups in total. The molecule has 0 bridgehead atoms. The minimum atomic E-state index is 0.551. The van der Waals surface area contributed by atoms with Gasteiger partial charge in [0.05, 0.1) is 17.6 Å². The number of hydrogen-bond donors (Lipinski definition) is 1. The van der Waals surface area contributed by atoms with E-state index in [0.29, 0.717) is 12.4 Å². The zero-order chi connectivity index (χ0) is 21.1. The smallest absolute Gasteiger partial charge is 0.227 e. The van der Waals surface area contributed by atoms with E-state index in [4.69, 9.17) is 5.73 Å². The van der Waals surface area contributed by atoms with Gasteiger partial charge in [0.25, 0.3) is 0 Å². The van der Waals surface area contributed by atoms with E-state index in [-0.39, 0.29) is 0 Å². The lowest BCUT2D eigenvalue weighted by Gasteiger charge is -2.35. The Labute approximate surface area is 173 Å². The van der Waals surface area contributed by atoms with Gasteiger partial charge in [-0.3, -0.25) is 9.98 Å². The van der Waals surface area contributed by atoms with Crippen LogP contribution < -0.4 is 10.7 Å². The van der Waals surface area contributed by atoms with Gasteiger partial charge in [0.2, 0.25) is 6.54 Å². The van der Waals surface area contributed by atoms with E-state index < -0.39 is 0 Å². The van der Waals surface area contributed by atoms with Crippen LogP contribution in [0.3, 0.4) is 0 Å². The van der Waals surface area contributed by atoms with Gasteiger partial charge >= 0.3 is 0 Å². The number of amidine groups is 1. The molecule has 0 aromatic carbocycles. The van der Waals surface area contributed by atoms with Crippen LogP contribution in [0.5, 0.6) is 0 Å². The summed E-state index contributed by atoms with van der Waals surface area (Å²) in [6, 6.07) is 2.14. The summed E-state index contributed by atoms with van der Waals surface area (Å²) in [6.07, 6.45) is 4.59. The lowest BCUT2D eigenvalue weighted by Crippen LogP contribution is -2.33. The standard InChI is InChI=1S/C22H33N6O/c1-6-15(2)21(16(3)17(4)22(23)24-5)26-11-8-20-18(14-26)12-19(13-25-20)27-9-7-10-28(27)29/h12-13H,6-11,14H2,1-5H3,(H2,23,24)/q+1/b17-16-,21-15-. The summed E-state index contributed by atoms with van der Waals surface area (Å²) in [4.78, 5) is 24.4. The number of rotatable bonds is 5. The maximum absolute atomic E-state index is 12.1. The van der Waals surface area contributed by atoms with Crippen LogP contribution in [0.1, 0.15) is 51.8 Å². The molecule has 2 aliphatic rings. The molecule has 0 atom stereocenters. The molecule has 7 heteroatoms. The molecule has 0 saturated carbocycles. The Morgan fingerprint density at radius 2 is 2.03 bits per heavy atom. The highest BCUT2D eigenvalue weighted by molar-refractivity contribution is 5.97. The molecule has 7 nitrogen and oxygen atoms in total. The fourth-order valence-electron chi connectivity index (χ4n) is 4.12. The SMILES string of the molecule is CC/C(C)=C(/C(C)=C(/C)C(N)=NC)N1CCc2ncc(N3CCC[N+]3=O)cc2C1. The van der Waals surface area contributed by atoms with Crippen molar-refractivity contribution in [1.82, 2.24) is 9.88 Å². The Kier molecular flexibility index (Phi) is 6.35. The van der Waals surface area contributed by atoms with E-state index >= 15 is 0 Å². The third-order valence-corrected chi connectivity index (χ3v) is 6.11. The maximum atomic E-state index is 12.1. The van der Waals surface area contributed by atoms with Gasteiger partial charge in [0, 0.05) is 44.4 Å². The molecule has 0 spiro atoms. The summed E-state index contributed by atoms with van der Waals surface area (Å²) < 4.78 is 0. The third-order valence-electron chi connectivity index (χ3n) is 6.11. The molecule has 1 fully saturated rings. The Balaban J connectivity index is 1.95. The number of fused-ring (bicyclic) bond motifs is 1. The van der Waals surface area contributed by atoms with E-state index in [1.165, 1.54) is 22.4 Å². The number of aliphatic imine (C=N–C) groups is 1. The van der Waals surface area contributed by atoms with E-state index in [1.54, 1.807) is 12.1 Å². The fraction of sp³-hybridized carbons (Fsp3) is 0.545. The summed E-state index contributed by atoms with van der Waals surface area (Å²) in [7, 11) is 1.73. The number of hydrazine groups is 1. The van der Waals surface area contributed by atoms with E-state index in [1.807, 2.05) is 13.1 Å². The van der Waals surface area contributed by atoms with Crippen LogP contribution >= 0.6 is 0 Å². The van der Waals surface area contributed by atoms with Gasteiger partial charge in [-0.05, 0) is 55.5 Å². The first-order valence-electron chi connectivity index (χ1n) is 10.4. The fourth-order valence-corrected chi connectivity index (χ4v) is 4.12. The van der Waals surface area contributed by atoms with Crippen molar-refractivity contribution in [2.24, 2.45) is 10.7 Å². The highest BCUT2D eigenvalue weighted by atomic mass is 16.3.